The maximum absolute atomic E-state index is 11.8. The van der Waals surface area contributed by atoms with E-state index in [0.29, 0.717) is 6.54 Å². The number of rotatable bonds is 4. The number of amides is 1. The van der Waals surface area contributed by atoms with Gasteiger partial charge in [0.15, 0.2) is 0 Å². The number of benzene rings is 1. The van der Waals surface area contributed by atoms with Crippen molar-refractivity contribution < 1.29 is 19.1 Å². The zero-order chi connectivity index (χ0) is 13.7. The molecular weight excluding hydrogens is 246 g/mol. The van der Waals surface area contributed by atoms with Crippen LogP contribution in [0.5, 0.6) is 0 Å². The molecule has 1 amide bonds. The quantitative estimate of drug-likeness (QED) is 0.779. The van der Waals surface area contributed by atoms with Gasteiger partial charge in [0, 0.05) is 12.6 Å². The van der Waals surface area contributed by atoms with Crippen molar-refractivity contribution in [3.63, 3.8) is 0 Å². The van der Waals surface area contributed by atoms with E-state index in [1.807, 2.05) is 30.3 Å². The lowest BCUT2D eigenvalue weighted by Crippen LogP contribution is -2.52. The molecule has 0 aromatic heterocycles. The molecule has 0 radical (unpaired) electrons. The molecule has 1 aliphatic rings. The van der Waals surface area contributed by atoms with Crippen LogP contribution in [0, 0.1) is 0 Å². The second-order valence-corrected chi connectivity index (χ2v) is 4.46. The van der Waals surface area contributed by atoms with Crippen molar-refractivity contribution in [2.24, 2.45) is 0 Å². The van der Waals surface area contributed by atoms with E-state index in [9.17, 15) is 9.59 Å². The number of hydrogen-bond acceptors (Lipinski definition) is 4. The van der Waals surface area contributed by atoms with E-state index >= 15 is 0 Å². The molecule has 2 rings (SSSR count). The predicted octanol–water partition coefficient (Wildman–Crippen LogP) is 1.96. The lowest BCUT2D eigenvalue weighted by Gasteiger charge is -2.39. The van der Waals surface area contributed by atoms with Gasteiger partial charge in [0.25, 0.3) is 0 Å². The van der Waals surface area contributed by atoms with Crippen LogP contribution >= 0.6 is 0 Å². The molecular formula is C14H17NO4. The largest absolute Gasteiger partial charge is 0.469 e. The van der Waals surface area contributed by atoms with E-state index in [1.54, 1.807) is 4.90 Å². The fourth-order valence-electron chi connectivity index (χ4n) is 1.97. The molecule has 1 fully saturated rings. The van der Waals surface area contributed by atoms with Crippen LogP contribution in [-0.2, 0) is 20.9 Å². The SMILES string of the molecule is COC(=O)CC1CCN1C(=O)OCc1ccccc1. The number of carbonyl (C=O) groups is 2. The zero-order valence-electron chi connectivity index (χ0n) is 10.9. The monoisotopic (exact) mass is 263 g/mol. The van der Waals surface area contributed by atoms with E-state index < -0.39 is 0 Å². The molecule has 1 aromatic carbocycles. The molecule has 1 atom stereocenters. The van der Waals surface area contributed by atoms with Gasteiger partial charge in [-0.25, -0.2) is 4.79 Å². The Balaban J connectivity index is 1.79. The molecule has 0 N–H and O–H groups in total. The van der Waals surface area contributed by atoms with Crippen molar-refractivity contribution in [3.8, 4) is 0 Å². The zero-order valence-corrected chi connectivity index (χ0v) is 10.9. The molecule has 102 valence electrons. The maximum atomic E-state index is 11.8. The third-order valence-electron chi connectivity index (χ3n) is 3.21. The summed E-state index contributed by atoms with van der Waals surface area (Å²) in [5.74, 6) is -0.300. The van der Waals surface area contributed by atoms with Crippen LogP contribution < -0.4 is 0 Å². The molecule has 0 spiro atoms. The highest BCUT2D eigenvalue weighted by molar-refractivity contribution is 5.73. The second kappa shape index (κ2) is 6.22. The first-order chi connectivity index (χ1) is 9.20. The second-order valence-electron chi connectivity index (χ2n) is 4.46. The van der Waals surface area contributed by atoms with Gasteiger partial charge >= 0.3 is 12.1 Å². The van der Waals surface area contributed by atoms with Crippen molar-refractivity contribution >= 4 is 12.1 Å². The van der Waals surface area contributed by atoms with Crippen molar-refractivity contribution in [2.45, 2.75) is 25.5 Å². The van der Waals surface area contributed by atoms with Crippen LogP contribution in [0.25, 0.3) is 0 Å². The Morgan fingerprint density at radius 3 is 2.63 bits per heavy atom. The smallest absolute Gasteiger partial charge is 0.410 e. The van der Waals surface area contributed by atoms with Gasteiger partial charge < -0.3 is 14.4 Å². The maximum Gasteiger partial charge on any atom is 0.410 e. The number of hydrogen-bond donors (Lipinski definition) is 0. The third-order valence-corrected chi connectivity index (χ3v) is 3.21. The minimum absolute atomic E-state index is 0.0873. The van der Waals surface area contributed by atoms with Gasteiger partial charge in [-0.1, -0.05) is 30.3 Å². The summed E-state index contributed by atoms with van der Waals surface area (Å²) in [4.78, 5) is 24.6. The summed E-state index contributed by atoms with van der Waals surface area (Å²) >= 11 is 0. The van der Waals surface area contributed by atoms with Crippen LogP contribution in [0.2, 0.25) is 0 Å². The first kappa shape index (κ1) is 13.4. The number of methoxy groups -OCH3 is 1. The average Bonchev–Trinajstić information content (AvgIpc) is 2.42. The highest BCUT2D eigenvalue weighted by Crippen LogP contribution is 2.22. The Labute approximate surface area is 112 Å². The molecule has 1 aromatic rings. The number of ether oxygens (including phenoxy) is 2. The van der Waals surface area contributed by atoms with Gasteiger partial charge in [-0.3, -0.25) is 4.79 Å². The molecule has 1 unspecified atom stereocenters. The standard InChI is InChI=1S/C14H17NO4/c1-18-13(16)9-12-7-8-15(12)14(17)19-10-11-5-3-2-4-6-11/h2-6,12H,7-10H2,1H3. The van der Waals surface area contributed by atoms with Crippen LogP contribution in [0.1, 0.15) is 18.4 Å². The van der Waals surface area contributed by atoms with Crippen LogP contribution in [0.4, 0.5) is 4.79 Å². The Morgan fingerprint density at radius 1 is 1.32 bits per heavy atom. The lowest BCUT2D eigenvalue weighted by atomic mass is 10.0. The van der Waals surface area contributed by atoms with Gasteiger partial charge in [0.1, 0.15) is 6.61 Å². The normalized spacial score (nSPS) is 17.5. The first-order valence-corrected chi connectivity index (χ1v) is 6.25. The minimum atomic E-state index is -0.371. The topological polar surface area (TPSA) is 55.8 Å². The van der Waals surface area contributed by atoms with E-state index in [2.05, 4.69) is 4.74 Å². The molecule has 0 bridgehead atoms. The highest BCUT2D eigenvalue weighted by Gasteiger charge is 2.35. The van der Waals surface area contributed by atoms with Gasteiger partial charge in [0.05, 0.1) is 13.5 Å². The van der Waals surface area contributed by atoms with Crippen LogP contribution in [0.3, 0.4) is 0 Å². The Hall–Kier alpha value is -2.04. The summed E-state index contributed by atoms with van der Waals surface area (Å²) in [6.07, 6.45) is 0.677. The van der Waals surface area contributed by atoms with Gasteiger partial charge in [-0.2, -0.15) is 0 Å². The van der Waals surface area contributed by atoms with E-state index in [0.717, 1.165) is 12.0 Å². The molecule has 0 saturated carbocycles. The Bertz CT molecular complexity index is 446. The first-order valence-electron chi connectivity index (χ1n) is 6.25. The molecule has 0 aliphatic carbocycles. The van der Waals surface area contributed by atoms with E-state index in [-0.39, 0.29) is 31.1 Å². The number of likely N-dealkylation sites (tertiary alicyclic amines) is 1. The molecule has 5 nitrogen and oxygen atoms in total. The van der Waals surface area contributed by atoms with Crippen molar-refractivity contribution in [1.82, 2.24) is 4.90 Å². The fraction of sp³-hybridized carbons (Fsp3) is 0.429. The van der Waals surface area contributed by atoms with E-state index in [4.69, 9.17) is 4.74 Å². The number of nitrogens with zero attached hydrogens (tertiary/aromatic N) is 1. The summed E-state index contributed by atoms with van der Waals surface area (Å²) in [5.41, 5.74) is 0.945. The average molecular weight is 263 g/mol. The third kappa shape index (κ3) is 3.47. The summed E-state index contributed by atoms with van der Waals surface area (Å²) in [5, 5.41) is 0. The summed E-state index contributed by atoms with van der Waals surface area (Å²) in [6.45, 7) is 0.885. The predicted molar refractivity (Wildman–Crippen MR) is 68.4 cm³/mol. The number of carbonyl (C=O) groups excluding carboxylic acids is 2. The van der Waals surface area contributed by atoms with E-state index in [1.165, 1.54) is 7.11 Å². The molecule has 1 saturated heterocycles. The van der Waals surface area contributed by atoms with Crippen LogP contribution in [0.15, 0.2) is 30.3 Å². The number of esters is 1. The van der Waals surface area contributed by atoms with Gasteiger partial charge in [0.2, 0.25) is 0 Å². The Morgan fingerprint density at radius 2 is 2.05 bits per heavy atom. The summed E-state index contributed by atoms with van der Waals surface area (Å²) in [6, 6.07) is 9.41. The summed E-state index contributed by atoms with van der Waals surface area (Å²) < 4.78 is 9.81. The van der Waals surface area contributed by atoms with Crippen molar-refractivity contribution in [1.29, 1.82) is 0 Å². The van der Waals surface area contributed by atoms with Crippen molar-refractivity contribution in [2.75, 3.05) is 13.7 Å². The molecule has 1 aliphatic heterocycles. The van der Waals surface area contributed by atoms with Crippen molar-refractivity contribution in [3.05, 3.63) is 35.9 Å². The van der Waals surface area contributed by atoms with Gasteiger partial charge in [-0.05, 0) is 12.0 Å². The minimum Gasteiger partial charge on any atom is -0.469 e. The molecule has 1 heterocycles. The molecule has 5 heteroatoms. The Kier molecular flexibility index (Phi) is 4.39. The highest BCUT2D eigenvalue weighted by atomic mass is 16.6. The molecule has 19 heavy (non-hydrogen) atoms. The lowest BCUT2D eigenvalue weighted by molar-refractivity contribution is -0.142. The van der Waals surface area contributed by atoms with Gasteiger partial charge in [-0.15, -0.1) is 0 Å². The fourth-order valence-corrected chi connectivity index (χ4v) is 1.97. The summed E-state index contributed by atoms with van der Waals surface area (Å²) in [7, 11) is 1.35. The van der Waals surface area contributed by atoms with Crippen LogP contribution in [-0.4, -0.2) is 36.7 Å².